The van der Waals surface area contributed by atoms with Gasteiger partial charge in [0.05, 0.1) is 29.1 Å². The van der Waals surface area contributed by atoms with Crippen LogP contribution in [0.3, 0.4) is 0 Å². The molecule has 2 saturated heterocycles. The third-order valence-corrected chi connectivity index (χ3v) is 8.53. The standard InChI is InChI=1S/C27H27F3N4O4/c28-27(29,30)17-3-1-16(2-4-17)13-33-12-11-26(38,25(15-33)9-10-25)21-7-5-18-19(31-21)14-34(24(18)37)20-6-8-22(35)32-23(20)36/h1-5,7,20,38H,6,8-15H2,(H,32,35,36). The van der Waals surface area contributed by atoms with Gasteiger partial charge in [0.2, 0.25) is 11.8 Å². The summed E-state index contributed by atoms with van der Waals surface area (Å²) in [5.74, 6) is -1.15. The molecule has 200 valence electrons. The molecule has 1 saturated carbocycles. The van der Waals surface area contributed by atoms with Gasteiger partial charge < -0.3 is 10.0 Å². The molecular formula is C27H27F3N4O4. The fourth-order valence-electron chi connectivity index (χ4n) is 6.20. The number of alkyl halides is 3. The highest BCUT2D eigenvalue weighted by molar-refractivity contribution is 6.05. The van der Waals surface area contributed by atoms with E-state index >= 15 is 0 Å². The number of amides is 3. The topological polar surface area (TPSA) is 103 Å². The zero-order valence-corrected chi connectivity index (χ0v) is 20.6. The highest BCUT2D eigenvalue weighted by atomic mass is 19.4. The molecule has 0 bridgehead atoms. The minimum absolute atomic E-state index is 0.136. The Morgan fingerprint density at radius 2 is 1.79 bits per heavy atom. The number of carbonyl (C=O) groups is 3. The fourth-order valence-corrected chi connectivity index (χ4v) is 6.20. The first-order valence-electron chi connectivity index (χ1n) is 12.8. The van der Waals surface area contributed by atoms with Crippen molar-refractivity contribution in [2.45, 2.75) is 63.0 Å². The second-order valence-electron chi connectivity index (χ2n) is 10.9. The van der Waals surface area contributed by atoms with Gasteiger partial charge in [-0.1, -0.05) is 12.1 Å². The number of imide groups is 1. The van der Waals surface area contributed by atoms with Crippen LogP contribution >= 0.6 is 0 Å². The predicted octanol–water partition coefficient (Wildman–Crippen LogP) is 2.74. The zero-order chi connectivity index (χ0) is 26.9. The summed E-state index contributed by atoms with van der Waals surface area (Å²) in [6, 6.07) is 7.80. The van der Waals surface area contributed by atoms with Crippen LogP contribution in [-0.2, 0) is 34.5 Å². The molecule has 1 aliphatic carbocycles. The number of pyridine rings is 1. The van der Waals surface area contributed by atoms with E-state index in [1.165, 1.54) is 17.0 Å². The van der Waals surface area contributed by atoms with E-state index in [4.69, 9.17) is 4.98 Å². The van der Waals surface area contributed by atoms with Gasteiger partial charge >= 0.3 is 6.18 Å². The molecule has 3 fully saturated rings. The van der Waals surface area contributed by atoms with E-state index in [1.54, 1.807) is 12.1 Å². The molecule has 2 unspecified atom stereocenters. The lowest BCUT2D eigenvalue weighted by molar-refractivity contribution is -0.138. The number of aliphatic hydroxyl groups is 1. The predicted molar refractivity (Wildman–Crippen MR) is 127 cm³/mol. The summed E-state index contributed by atoms with van der Waals surface area (Å²) in [4.78, 5) is 45.2. The van der Waals surface area contributed by atoms with Crippen LogP contribution in [0.4, 0.5) is 13.2 Å². The van der Waals surface area contributed by atoms with E-state index < -0.39 is 34.7 Å². The minimum atomic E-state index is -4.37. The van der Waals surface area contributed by atoms with Crippen LogP contribution in [0, 0.1) is 5.41 Å². The molecule has 3 amide bonds. The number of carbonyl (C=O) groups excluding carboxylic acids is 3. The molecule has 4 aliphatic rings. The quantitative estimate of drug-likeness (QED) is 0.592. The smallest absolute Gasteiger partial charge is 0.383 e. The van der Waals surface area contributed by atoms with Gasteiger partial charge in [-0.2, -0.15) is 13.2 Å². The van der Waals surface area contributed by atoms with Gasteiger partial charge in [-0.05, 0) is 55.5 Å². The number of aromatic nitrogens is 1. The first-order chi connectivity index (χ1) is 18.0. The van der Waals surface area contributed by atoms with Crippen LogP contribution in [0.5, 0.6) is 0 Å². The Morgan fingerprint density at radius 3 is 2.45 bits per heavy atom. The number of rotatable bonds is 4. The molecule has 3 aliphatic heterocycles. The third-order valence-electron chi connectivity index (χ3n) is 8.53. The molecule has 2 aromatic rings. The summed E-state index contributed by atoms with van der Waals surface area (Å²) in [6.07, 6.45) is -1.94. The SMILES string of the molecule is O=C1CCC(N2Cc3nc(C4(O)CCN(Cc5ccc(C(F)(F)F)cc5)CC45CC5)ccc3C2=O)C(=O)N1. The third kappa shape index (κ3) is 4.08. The van der Waals surface area contributed by atoms with Crippen LogP contribution in [0.15, 0.2) is 36.4 Å². The normalized spacial score (nSPS) is 27.0. The van der Waals surface area contributed by atoms with Crippen molar-refractivity contribution >= 4 is 17.7 Å². The lowest BCUT2D eigenvalue weighted by Crippen LogP contribution is -2.52. The maximum atomic E-state index is 13.0. The number of nitrogens with zero attached hydrogens (tertiary/aromatic N) is 3. The molecule has 1 aromatic heterocycles. The summed E-state index contributed by atoms with van der Waals surface area (Å²) >= 11 is 0. The number of hydrogen-bond donors (Lipinski definition) is 2. The van der Waals surface area contributed by atoms with E-state index in [9.17, 15) is 32.7 Å². The van der Waals surface area contributed by atoms with Gasteiger partial charge in [-0.3, -0.25) is 29.6 Å². The fraction of sp³-hybridized carbons (Fsp3) is 0.481. The van der Waals surface area contributed by atoms with Gasteiger partial charge in [-0.15, -0.1) is 0 Å². The average molecular weight is 529 g/mol. The van der Waals surface area contributed by atoms with Crippen molar-refractivity contribution in [1.82, 2.24) is 20.1 Å². The van der Waals surface area contributed by atoms with Crippen molar-refractivity contribution in [2.24, 2.45) is 5.41 Å². The van der Waals surface area contributed by atoms with Crippen molar-refractivity contribution in [1.29, 1.82) is 0 Å². The van der Waals surface area contributed by atoms with Crippen molar-refractivity contribution in [3.8, 4) is 0 Å². The summed E-state index contributed by atoms with van der Waals surface area (Å²) < 4.78 is 38.7. The Bertz CT molecular complexity index is 1320. The van der Waals surface area contributed by atoms with E-state index in [2.05, 4.69) is 10.2 Å². The first kappa shape index (κ1) is 25.0. The van der Waals surface area contributed by atoms with E-state index in [0.29, 0.717) is 43.0 Å². The molecule has 4 heterocycles. The van der Waals surface area contributed by atoms with E-state index in [0.717, 1.165) is 30.5 Å². The number of nitrogens with one attached hydrogen (secondary N) is 1. The summed E-state index contributed by atoms with van der Waals surface area (Å²) in [5.41, 5.74) is -0.0954. The Kier molecular flexibility index (Phi) is 5.66. The number of piperidine rings is 2. The highest BCUT2D eigenvalue weighted by Gasteiger charge is 2.62. The minimum Gasteiger partial charge on any atom is -0.383 e. The number of halogens is 3. The van der Waals surface area contributed by atoms with Crippen molar-refractivity contribution < 1.29 is 32.7 Å². The lowest BCUT2D eigenvalue weighted by Gasteiger charge is -2.45. The summed E-state index contributed by atoms with van der Waals surface area (Å²) in [7, 11) is 0. The Labute approximate surface area is 216 Å². The first-order valence-corrected chi connectivity index (χ1v) is 12.8. The van der Waals surface area contributed by atoms with Crippen molar-refractivity contribution in [2.75, 3.05) is 13.1 Å². The molecule has 2 N–H and O–H groups in total. The molecule has 1 spiro atoms. The molecule has 1 aromatic carbocycles. The molecule has 38 heavy (non-hydrogen) atoms. The highest BCUT2D eigenvalue weighted by Crippen LogP contribution is 2.61. The van der Waals surface area contributed by atoms with Crippen molar-refractivity contribution in [3.63, 3.8) is 0 Å². The molecule has 2 atom stereocenters. The molecule has 6 rings (SSSR count). The summed E-state index contributed by atoms with van der Waals surface area (Å²) in [6.45, 7) is 1.75. The Hall–Kier alpha value is -3.31. The maximum absolute atomic E-state index is 13.0. The van der Waals surface area contributed by atoms with Gasteiger partial charge in [0.1, 0.15) is 11.6 Å². The van der Waals surface area contributed by atoms with Crippen LogP contribution in [0.25, 0.3) is 0 Å². The molecule has 11 heteroatoms. The lowest BCUT2D eigenvalue weighted by atomic mass is 9.75. The number of fused-ring (bicyclic) bond motifs is 1. The largest absolute Gasteiger partial charge is 0.416 e. The van der Waals surface area contributed by atoms with Gasteiger partial charge in [0.25, 0.3) is 5.91 Å². The van der Waals surface area contributed by atoms with E-state index in [1.807, 2.05) is 0 Å². The monoisotopic (exact) mass is 528 g/mol. The van der Waals surface area contributed by atoms with Crippen LogP contribution in [-0.4, -0.2) is 56.7 Å². The second kappa shape index (κ2) is 8.60. The number of benzene rings is 1. The Balaban J connectivity index is 1.18. The maximum Gasteiger partial charge on any atom is 0.416 e. The summed E-state index contributed by atoms with van der Waals surface area (Å²) in [5, 5.41) is 14.2. The number of likely N-dealkylation sites (tertiary alicyclic amines) is 1. The average Bonchev–Trinajstić information content (AvgIpc) is 3.57. The van der Waals surface area contributed by atoms with Gasteiger partial charge in [-0.25, -0.2) is 0 Å². The number of hydrogen-bond acceptors (Lipinski definition) is 6. The van der Waals surface area contributed by atoms with Crippen LogP contribution in [0.2, 0.25) is 0 Å². The Morgan fingerprint density at radius 1 is 1.05 bits per heavy atom. The van der Waals surface area contributed by atoms with Crippen LogP contribution < -0.4 is 5.32 Å². The molecular weight excluding hydrogens is 501 g/mol. The van der Waals surface area contributed by atoms with E-state index in [-0.39, 0.29) is 31.2 Å². The second-order valence-corrected chi connectivity index (χ2v) is 10.9. The zero-order valence-electron chi connectivity index (χ0n) is 20.6. The van der Waals surface area contributed by atoms with Gasteiger partial charge in [0.15, 0.2) is 0 Å². The van der Waals surface area contributed by atoms with Crippen molar-refractivity contribution in [3.05, 3.63) is 64.5 Å². The molecule has 0 radical (unpaired) electrons. The van der Waals surface area contributed by atoms with Gasteiger partial charge in [0, 0.05) is 31.5 Å². The molecule has 8 nitrogen and oxygen atoms in total. The van der Waals surface area contributed by atoms with Crippen LogP contribution in [0.1, 0.15) is 65.0 Å².